The largest absolute Gasteiger partial charge is 0.359 e. The number of carbonyl (C=O) groups excluding carboxylic acids is 1. The van der Waals surface area contributed by atoms with Gasteiger partial charge in [-0.3, -0.25) is 4.79 Å². The van der Waals surface area contributed by atoms with Crippen molar-refractivity contribution in [3.05, 3.63) is 29.8 Å². The molecule has 1 aliphatic heterocycles. The van der Waals surface area contributed by atoms with Crippen molar-refractivity contribution in [3.8, 4) is 0 Å². The molecular weight excluding hydrogens is 224 g/mol. The molecule has 0 saturated heterocycles. The number of carbonyl (C=O) groups is 1. The highest BCUT2D eigenvalue weighted by Crippen LogP contribution is 2.31. The van der Waals surface area contributed by atoms with Crippen molar-refractivity contribution in [2.45, 2.75) is 33.2 Å². The summed E-state index contributed by atoms with van der Waals surface area (Å²) in [6, 6.07) is 8.82. The smallest absolute Gasteiger partial charge is 0.242 e. The molecule has 0 aliphatic carbocycles. The molecule has 0 N–H and O–H groups in total. The third-order valence-corrected chi connectivity index (χ3v) is 3.77. The van der Waals surface area contributed by atoms with E-state index in [1.807, 2.05) is 24.8 Å². The minimum Gasteiger partial charge on any atom is -0.359 e. The van der Waals surface area contributed by atoms with Crippen LogP contribution >= 0.6 is 0 Å². The molecule has 0 saturated carbocycles. The standard InChI is InChI=1S/C15H22N2O/c1-4-16(5-2)15(18)11-17-12(3)10-13-8-6-7-9-14(13)17/h6-9,12H,4-5,10-11H2,1-3H3. The fraction of sp³-hybridized carbons (Fsp3) is 0.533. The van der Waals surface area contributed by atoms with E-state index in [9.17, 15) is 4.79 Å². The van der Waals surface area contributed by atoms with Gasteiger partial charge in [-0.15, -0.1) is 0 Å². The molecule has 1 heterocycles. The maximum atomic E-state index is 12.2. The zero-order chi connectivity index (χ0) is 13.1. The van der Waals surface area contributed by atoms with Crippen molar-refractivity contribution in [1.29, 1.82) is 0 Å². The Bertz CT molecular complexity index is 426. The first-order valence-electron chi connectivity index (χ1n) is 6.79. The summed E-state index contributed by atoms with van der Waals surface area (Å²) < 4.78 is 0. The quantitative estimate of drug-likeness (QED) is 0.814. The van der Waals surface area contributed by atoms with Gasteiger partial charge in [0.1, 0.15) is 0 Å². The van der Waals surface area contributed by atoms with E-state index in [2.05, 4.69) is 30.0 Å². The van der Waals surface area contributed by atoms with Gasteiger partial charge in [0.25, 0.3) is 0 Å². The SMILES string of the molecule is CCN(CC)C(=O)CN1c2ccccc2CC1C. The molecule has 1 aromatic rings. The van der Waals surface area contributed by atoms with Gasteiger partial charge in [-0.25, -0.2) is 0 Å². The number of hydrogen-bond acceptors (Lipinski definition) is 2. The average molecular weight is 246 g/mol. The Morgan fingerprint density at radius 1 is 1.33 bits per heavy atom. The van der Waals surface area contributed by atoms with E-state index in [0.717, 1.165) is 19.5 Å². The second-order valence-corrected chi connectivity index (χ2v) is 4.88. The zero-order valence-electron chi connectivity index (χ0n) is 11.5. The topological polar surface area (TPSA) is 23.6 Å². The zero-order valence-corrected chi connectivity index (χ0v) is 11.5. The van der Waals surface area contributed by atoms with Crippen LogP contribution in [-0.2, 0) is 11.2 Å². The Morgan fingerprint density at radius 2 is 2.00 bits per heavy atom. The number of fused-ring (bicyclic) bond motifs is 1. The lowest BCUT2D eigenvalue weighted by Crippen LogP contribution is -2.42. The van der Waals surface area contributed by atoms with E-state index in [1.165, 1.54) is 11.3 Å². The molecular formula is C15H22N2O. The Kier molecular flexibility index (Phi) is 3.90. The van der Waals surface area contributed by atoms with Gasteiger partial charge in [0, 0.05) is 24.8 Å². The Labute approximate surface area is 109 Å². The van der Waals surface area contributed by atoms with Crippen molar-refractivity contribution in [1.82, 2.24) is 4.90 Å². The Morgan fingerprint density at radius 3 is 2.67 bits per heavy atom. The first kappa shape index (κ1) is 12.9. The van der Waals surface area contributed by atoms with E-state index in [4.69, 9.17) is 0 Å². The van der Waals surface area contributed by atoms with E-state index in [-0.39, 0.29) is 5.91 Å². The second-order valence-electron chi connectivity index (χ2n) is 4.88. The predicted molar refractivity (Wildman–Crippen MR) is 74.9 cm³/mol. The normalized spacial score (nSPS) is 17.7. The van der Waals surface area contributed by atoms with Crippen molar-refractivity contribution in [2.75, 3.05) is 24.5 Å². The predicted octanol–water partition coefficient (Wildman–Crippen LogP) is 2.31. The van der Waals surface area contributed by atoms with Gasteiger partial charge in [0.2, 0.25) is 5.91 Å². The van der Waals surface area contributed by atoms with Gasteiger partial charge in [-0.1, -0.05) is 18.2 Å². The average Bonchev–Trinajstić information content (AvgIpc) is 2.68. The lowest BCUT2D eigenvalue weighted by Gasteiger charge is -2.27. The highest BCUT2D eigenvalue weighted by molar-refractivity contribution is 5.82. The second kappa shape index (κ2) is 5.42. The Balaban J connectivity index is 2.12. The third-order valence-electron chi connectivity index (χ3n) is 3.77. The fourth-order valence-electron chi connectivity index (χ4n) is 2.69. The lowest BCUT2D eigenvalue weighted by atomic mass is 10.1. The van der Waals surface area contributed by atoms with Crippen molar-refractivity contribution < 1.29 is 4.79 Å². The van der Waals surface area contributed by atoms with Crippen LogP contribution in [0.15, 0.2) is 24.3 Å². The van der Waals surface area contributed by atoms with Crippen molar-refractivity contribution in [2.24, 2.45) is 0 Å². The highest BCUT2D eigenvalue weighted by Gasteiger charge is 2.27. The molecule has 0 fully saturated rings. The molecule has 3 nitrogen and oxygen atoms in total. The summed E-state index contributed by atoms with van der Waals surface area (Å²) in [5.41, 5.74) is 2.59. The number of amides is 1. The monoisotopic (exact) mass is 246 g/mol. The number of rotatable bonds is 4. The minimum atomic E-state index is 0.226. The van der Waals surface area contributed by atoms with Crippen molar-refractivity contribution in [3.63, 3.8) is 0 Å². The molecule has 1 aliphatic rings. The highest BCUT2D eigenvalue weighted by atomic mass is 16.2. The molecule has 1 amide bonds. The first-order chi connectivity index (χ1) is 8.67. The van der Waals surface area contributed by atoms with E-state index in [0.29, 0.717) is 12.6 Å². The van der Waals surface area contributed by atoms with Crippen LogP contribution in [0.5, 0.6) is 0 Å². The molecule has 0 aromatic heterocycles. The van der Waals surface area contributed by atoms with Gasteiger partial charge in [0.05, 0.1) is 6.54 Å². The molecule has 3 heteroatoms. The molecule has 0 spiro atoms. The van der Waals surface area contributed by atoms with E-state index in [1.54, 1.807) is 0 Å². The summed E-state index contributed by atoms with van der Waals surface area (Å²) in [4.78, 5) is 16.3. The van der Waals surface area contributed by atoms with Crippen LogP contribution in [-0.4, -0.2) is 36.5 Å². The summed E-state index contributed by atoms with van der Waals surface area (Å²) in [5, 5.41) is 0. The van der Waals surface area contributed by atoms with Gasteiger partial charge in [-0.2, -0.15) is 0 Å². The molecule has 2 rings (SSSR count). The van der Waals surface area contributed by atoms with Crippen LogP contribution in [0.25, 0.3) is 0 Å². The maximum absolute atomic E-state index is 12.2. The number of anilines is 1. The van der Waals surface area contributed by atoms with Gasteiger partial charge < -0.3 is 9.80 Å². The van der Waals surface area contributed by atoms with Crippen LogP contribution < -0.4 is 4.90 Å². The van der Waals surface area contributed by atoms with E-state index >= 15 is 0 Å². The van der Waals surface area contributed by atoms with Crippen molar-refractivity contribution >= 4 is 11.6 Å². The lowest BCUT2D eigenvalue weighted by molar-refractivity contribution is -0.129. The number of hydrogen-bond donors (Lipinski definition) is 0. The summed E-state index contributed by atoms with van der Waals surface area (Å²) >= 11 is 0. The maximum Gasteiger partial charge on any atom is 0.242 e. The molecule has 0 radical (unpaired) electrons. The summed E-state index contributed by atoms with van der Waals surface area (Å²) in [6.45, 7) is 8.33. The molecule has 18 heavy (non-hydrogen) atoms. The molecule has 1 atom stereocenters. The number of benzene rings is 1. The first-order valence-corrected chi connectivity index (χ1v) is 6.79. The van der Waals surface area contributed by atoms with Crippen LogP contribution in [0.3, 0.4) is 0 Å². The summed E-state index contributed by atoms with van der Waals surface area (Å²) in [7, 11) is 0. The van der Waals surface area contributed by atoms with Gasteiger partial charge in [0.15, 0.2) is 0 Å². The molecule has 1 unspecified atom stereocenters. The summed E-state index contributed by atoms with van der Waals surface area (Å²) in [6.07, 6.45) is 1.04. The van der Waals surface area contributed by atoms with Gasteiger partial charge >= 0.3 is 0 Å². The molecule has 1 aromatic carbocycles. The number of likely N-dealkylation sites (N-methyl/N-ethyl adjacent to an activating group) is 1. The van der Waals surface area contributed by atoms with Crippen LogP contribution in [0.2, 0.25) is 0 Å². The summed E-state index contributed by atoms with van der Waals surface area (Å²) in [5.74, 6) is 0.226. The fourth-order valence-corrected chi connectivity index (χ4v) is 2.69. The number of nitrogens with zero attached hydrogens (tertiary/aromatic N) is 2. The van der Waals surface area contributed by atoms with Gasteiger partial charge in [-0.05, 0) is 38.8 Å². The van der Waals surface area contributed by atoms with E-state index < -0.39 is 0 Å². The van der Waals surface area contributed by atoms with Crippen LogP contribution in [0.1, 0.15) is 26.3 Å². The minimum absolute atomic E-state index is 0.226. The molecule has 98 valence electrons. The molecule has 0 bridgehead atoms. The number of para-hydroxylation sites is 1. The van der Waals surface area contributed by atoms with Crippen LogP contribution in [0, 0.1) is 0 Å². The Hall–Kier alpha value is -1.51. The third kappa shape index (κ3) is 2.35. The van der Waals surface area contributed by atoms with Crippen LogP contribution in [0.4, 0.5) is 5.69 Å².